The van der Waals surface area contributed by atoms with Crippen molar-refractivity contribution in [2.75, 3.05) is 26.2 Å². The second kappa shape index (κ2) is 8.84. The summed E-state index contributed by atoms with van der Waals surface area (Å²) >= 11 is 5.94. The predicted molar refractivity (Wildman–Crippen MR) is 109 cm³/mol. The standard InChI is InChI=1S/C22H25ClN2O3/c23-18-7-5-16(6-8-18)14-25-11-9-17(10-12-25)22(26)24-13-19-15-27-20-3-1-2-4-21(20)28-19/h1-8,17,19H,9-15H2,(H,24,26)/t19-/m0/s1. The lowest BCUT2D eigenvalue weighted by atomic mass is 9.95. The molecule has 148 valence electrons. The van der Waals surface area contributed by atoms with Gasteiger partial charge in [-0.1, -0.05) is 35.9 Å². The molecule has 1 fully saturated rings. The zero-order chi connectivity index (χ0) is 19.3. The largest absolute Gasteiger partial charge is 0.486 e. The minimum Gasteiger partial charge on any atom is -0.486 e. The first-order chi connectivity index (χ1) is 13.7. The molecule has 0 unspecified atom stereocenters. The van der Waals surface area contributed by atoms with E-state index in [9.17, 15) is 4.79 Å². The SMILES string of the molecule is O=C(NC[C@H]1COc2ccccc2O1)C1CCN(Cc2ccc(Cl)cc2)CC1. The molecule has 0 aromatic heterocycles. The molecular weight excluding hydrogens is 376 g/mol. The van der Waals surface area contributed by atoms with E-state index in [0.717, 1.165) is 49.0 Å². The molecular formula is C22H25ClN2O3. The lowest BCUT2D eigenvalue weighted by Crippen LogP contribution is -2.45. The molecule has 28 heavy (non-hydrogen) atoms. The zero-order valence-electron chi connectivity index (χ0n) is 15.8. The molecule has 2 heterocycles. The molecule has 6 heteroatoms. The van der Waals surface area contributed by atoms with Gasteiger partial charge in [-0.05, 0) is 55.8 Å². The molecule has 1 saturated heterocycles. The minimum atomic E-state index is -0.149. The molecule has 5 nitrogen and oxygen atoms in total. The number of amides is 1. The molecule has 1 N–H and O–H groups in total. The summed E-state index contributed by atoms with van der Waals surface area (Å²) in [6.45, 7) is 3.68. The molecule has 2 aliphatic heterocycles. The summed E-state index contributed by atoms with van der Waals surface area (Å²) in [4.78, 5) is 14.9. The van der Waals surface area contributed by atoms with Crippen molar-refractivity contribution in [2.45, 2.75) is 25.5 Å². The highest BCUT2D eigenvalue weighted by Crippen LogP contribution is 2.30. The second-order valence-electron chi connectivity index (χ2n) is 7.42. The molecule has 0 spiro atoms. The van der Waals surface area contributed by atoms with Crippen LogP contribution in [-0.4, -0.2) is 43.2 Å². The third-order valence-corrected chi connectivity index (χ3v) is 5.60. The van der Waals surface area contributed by atoms with Crippen LogP contribution in [0, 0.1) is 5.92 Å². The van der Waals surface area contributed by atoms with Crippen LogP contribution in [0.4, 0.5) is 0 Å². The molecule has 0 aliphatic carbocycles. The van der Waals surface area contributed by atoms with Crippen molar-refractivity contribution >= 4 is 17.5 Å². The van der Waals surface area contributed by atoms with Crippen LogP contribution >= 0.6 is 11.6 Å². The molecule has 4 rings (SSSR count). The van der Waals surface area contributed by atoms with Crippen molar-refractivity contribution in [1.82, 2.24) is 10.2 Å². The van der Waals surface area contributed by atoms with Gasteiger partial charge in [0, 0.05) is 17.5 Å². The zero-order valence-corrected chi connectivity index (χ0v) is 16.5. The smallest absolute Gasteiger partial charge is 0.223 e. The van der Waals surface area contributed by atoms with Gasteiger partial charge in [0.2, 0.25) is 5.91 Å². The van der Waals surface area contributed by atoms with Crippen molar-refractivity contribution in [3.05, 3.63) is 59.1 Å². The fraction of sp³-hybridized carbons (Fsp3) is 0.409. The number of rotatable bonds is 5. The van der Waals surface area contributed by atoms with Gasteiger partial charge in [0.25, 0.3) is 0 Å². The summed E-state index contributed by atoms with van der Waals surface area (Å²) in [5.74, 6) is 1.69. The molecule has 1 atom stereocenters. The number of ether oxygens (including phenoxy) is 2. The monoisotopic (exact) mass is 400 g/mol. The van der Waals surface area contributed by atoms with E-state index in [1.165, 1.54) is 5.56 Å². The van der Waals surface area contributed by atoms with Crippen LogP contribution in [-0.2, 0) is 11.3 Å². The number of carbonyl (C=O) groups excluding carboxylic acids is 1. The molecule has 0 radical (unpaired) electrons. The average molecular weight is 401 g/mol. The van der Waals surface area contributed by atoms with Gasteiger partial charge in [-0.25, -0.2) is 0 Å². The third kappa shape index (κ3) is 4.78. The van der Waals surface area contributed by atoms with Gasteiger partial charge >= 0.3 is 0 Å². The highest BCUT2D eigenvalue weighted by molar-refractivity contribution is 6.30. The van der Waals surface area contributed by atoms with Crippen molar-refractivity contribution in [3.63, 3.8) is 0 Å². The summed E-state index contributed by atoms with van der Waals surface area (Å²) in [5.41, 5.74) is 1.25. The summed E-state index contributed by atoms with van der Waals surface area (Å²) in [7, 11) is 0. The number of hydrogen-bond donors (Lipinski definition) is 1. The molecule has 2 aromatic rings. The number of fused-ring (bicyclic) bond motifs is 1. The number of carbonyl (C=O) groups is 1. The highest BCUT2D eigenvalue weighted by atomic mass is 35.5. The lowest BCUT2D eigenvalue weighted by molar-refractivity contribution is -0.127. The van der Waals surface area contributed by atoms with Gasteiger partial charge in [0.15, 0.2) is 11.5 Å². The van der Waals surface area contributed by atoms with E-state index in [-0.39, 0.29) is 17.9 Å². The number of hydrogen-bond acceptors (Lipinski definition) is 4. The fourth-order valence-corrected chi connectivity index (χ4v) is 3.85. The summed E-state index contributed by atoms with van der Waals surface area (Å²) < 4.78 is 11.6. The minimum absolute atomic E-state index is 0.0678. The molecule has 0 saturated carbocycles. The Morgan fingerprint density at radius 1 is 1.07 bits per heavy atom. The van der Waals surface area contributed by atoms with E-state index < -0.39 is 0 Å². The first-order valence-corrected chi connectivity index (χ1v) is 10.2. The van der Waals surface area contributed by atoms with E-state index in [4.69, 9.17) is 21.1 Å². The van der Waals surface area contributed by atoms with E-state index in [1.54, 1.807) is 0 Å². The number of likely N-dealkylation sites (tertiary alicyclic amines) is 1. The number of benzene rings is 2. The molecule has 2 aromatic carbocycles. The Balaban J connectivity index is 1.20. The van der Waals surface area contributed by atoms with Crippen LogP contribution < -0.4 is 14.8 Å². The maximum absolute atomic E-state index is 12.5. The fourth-order valence-electron chi connectivity index (χ4n) is 3.72. The van der Waals surface area contributed by atoms with Gasteiger partial charge in [-0.15, -0.1) is 0 Å². The number of nitrogens with one attached hydrogen (secondary N) is 1. The lowest BCUT2D eigenvalue weighted by Gasteiger charge is -2.32. The van der Waals surface area contributed by atoms with Crippen molar-refractivity contribution in [1.29, 1.82) is 0 Å². The molecule has 0 bridgehead atoms. The Hall–Kier alpha value is -2.24. The van der Waals surface area contributed by atoms with Gasteiger partial charge < -0.3 is 14.8 Å². The van der Waals surface area contributed by atoms with Gasteiger partial charge in [-0.2, -0.15) is 0 Å². The van der Waals surface area contributed by atoms with Crippen LogP contribution in [0.15, 0.2) is 48.5 Å². The summed E-state index contributed by atoms with van der Waals surface area (Å²) in [5, 5.41) is 3.81. The van der Waals surface area contributed by atoms with Crippen molar-refractivity contribution in [3.8, 4) is 11.5 Å². The number of para-hydroxylation sites is 2. The average Bonchev–Trinajstić information content (AvgIpc) is 2.74. The highest BCUT2D eigenvalue weighted by Gasteiger charge is 2.27. The second-order valence-corrected chi connectivity index (χ2v) is 7.86. The van der Waals surface area contributed by atoms with Crippen molar-refractivity contribution in [2.24, 2.45) is 5.92 Å². The van der Waals surface area contributed by atoms with Gasteiger partial charge in [0.1, 0.15) is 12.7 Å². The number of nitrogens with zero attached hydrogens (tertiary/aromatic N) is 1. The Kier molecular flexibility index (Phi) is 6.03. The first kappa shape index (κ1) is 19.1. The predicted octanol–water partition coefficient (Wildman–Crippen LogP) is 3.51. The molecule has 1 amide bonds. The van der Waals surface area contributed by atoms with Crippen LogP contribution in [0.25, 0.3) is 0 Å². The summed E-state index contributed by atoms with van der Waals surface area (Å²) in [6, 6.07) is 15.6. The third-order valence-electron chi connectivity index (χ3n) is 5.35. The Bertz CT molecular complexity index is 804. The van der Waals surface area contributed by atoms with E-state index in [2.05, 4.69) is 22.3 Å². The van der Waals surface area contributed by atoms with Gasteiger partial charge in [0.05, 0.1) is 6.54 Å². The quantitative estimate of drug-likeness (QED) is 0.834. The number of piperidine rings is 1. The normalized spacial score (nSPS) is 20.0. The van der Waals surface area contributed by atoms with Gasteiger partial charge in [-0.3, -0.25) is 9.69 Å². The van der Waals surface area contributed by atoms with E-state index in [1.807, 2.05) is 36.4 Å². The Morgan fingerprint density at radius 3 is 2.54 bits per heavy atom. The van der Waals surface area contributed by atoms with Crippen LogP contribution in [0.5, 0.6) is 11.5 Å². The number of halogens is 1. The summed E-state index contributed by atoms with van der Waals surface area (Å²) in [6.07, 6.45) is 1.61. The Labute approximate surface area is 170 Å². The topological polar surface area (TPSA) is 50.8 Å². The maximum atomic E-state index is 12.5. The van der Waals surface area contributed by atoms with Crippen molar-refractivity contribution < 1.29 is 14.3 Å². The first-order valence-electron chi connectivity index (χ1n) is 9.80. The molecule has 2 aliphatic rings. The Morgan fingerprint density at radius 2 is 1.79 bits per heavy atom. The van der Waals surface area contributed by atoms with E-state index >= 15 is 0 Å². The maximum Gasteiger partial charge on any atom is 0.223 e. The van der Waals surface area contributed by atoms with Crippen LogP contribution in [0.1, 0.15) is 18.4 Å². The van der Waals surface area contributed by atoms with Crippen LogP contribution in [0.3, 0.4) is 0 Å². The van der Waals surface area contributed by atoms with E-state index in [0.29, 0.717) is 13.2 Å². The van der Waals surface area contributed by atoms with Crippen LogP contribution in [0.2, 0.25) is 5.02 Å².